The van der Waals surface area contributed by atoms with E-state index in [0.29, 0.717) is 38.0 Å². The fourth-order valence-corrected chi connectivity index (χ4v) is 6.15. The number of amides is 1. The summed E-state index contributed by atoms with van der Waals surface area (Å²) in [5, 5.41) is 14.4. The molecule has 0 aromatic carbocycles. The molecule has 1 atom stereocenters. The Morgan fingerprint density at radius 3 is 2.65 bits per heavy atom. The second-order valence-corrected chi connectivity index (χ2v) is 10.8. The zero-order valence-electron chi connectivity index (χ0n) is 22.1. The van der Waals surface area contributed by atoms with Gasteiger partial charge >= 0.3 is 6.18 Å². The van der Waals surface area contributed by atoms with Gasteiger partial charge in [0.2, 0.25) is 5.91 Å². The Labute approximate surface area is 229 Å². The zero-order valence-corrected chi connectivity index (χ0v) is 22.1. The van der Waals surface area contributed by atoms with E-state index >= 15 is 0 Å². The first kappa shape index (κ1) is 27.9. The number of aromatic nitrogens is 3. The molecule has 3 aliphatic heterocycles. The van der Waals surface area contributed by atoms with Gasteiger partial charge in [-0.25, -0.2) is 10.1 Å². The highest BCUT2D eigenvalue weighted by Crippen LogP contribution is 2.41. The summed E-state index contributed by atoms with van der Waals surface area (Å²) < 4.78 is 46.3. The van der Waals surface area contributed by atoms with E-state index in [2.05, 4.69) is 21.1 Å². The zero-order chi connectivity index (χ0) is 28.3. The molecule has 0 bridgehead atoms. The third kappa shape index (κ3) is 5.91. The van der Waals surface area contributed by atoms with Crippen LogP contribution in [-0.4, -0.2) is 78.0 Å². The molecule has 13 heteroatoms. The lowest BCUT2D eigenvalue weighted by atomic mass is 9.77. The van der Waals surface area contributed by atoms with Crippen molar-refractivity contribution >= 4 is 17.4 Å². The molecule has 1 spiro atoms. The van der Waals surface area contributed by atoms with Crippen LogP contribution in [0.4, 0.5) is 24.7 Å². The van der Waals surface area contributed by atoms with E-state index in [0.717, 1.165) is 44.4 Å². The molecule has 2 aromatic heterocycles. The SMILES string of the molecule is N#Cc1ccc(N2CCC3(CCN(C(=O)CCOC[C@@H]4CCCN4c4cn[nH]c(=O)c4C(F)(F)F)CC3)C2)nc1. The lowest BCUT2D eigenvalue weighted by Crippen LogP contribution is -2.44. The highest BCUT2D eigenvalue weighted by Gasteiger charge is 2.42. The number of H-pyrrole nitrogens is 1. The minimum Gasteiger partial charge on any atom is -0.379 e. The summed E-state index contributed by atoms with van der Waals surface area (Å²) in [5.74, 6) is 0.886. The van der Waals surface area contributed by atoms with Gasteiger partial charge in [0.1, 0.15) is 17.5 Å². The van der Waals surface area contributed by atoms with Gasteiger partial charge in [-0.3, -0.25) is 9.59 Å². The highest BCUT2D eigenvalue weighted by molar-refractivity contribution is 5.76. The van der Waals surface area contributed by atoms with Crippen LogP contribution in [-0.2, 0) is 15.7 Å². The van der Waals surface area contributed by atoms with E-state index in [9.17, 15) is 22.8 Å². The molecule has 1 N–H and O–H groups in total. The number of alkyl halides is 3. The number of pyridine rings is 1. The van der Waals surface area contributed by atoms with Crippen molar-refractivity contribution in [2.75, 3.05) is 55.7 Å². The van der Waals surface area contributed by atoms with Crippen molar-refractivity contribution in [3.8, 4) is 6.07 Å². The second kappa shape index (κ2) is 11.4. The van der Waals surface area contributed by atoms with Crippen molar-refractivity contribution in [3.05, 3.63) is 46.0 Å². The molecule has 10 nitrogen and oxygen atoms in total. The van der Waals surface area contributed by atoms with Gasteiger partial charge in [-0.05, 0) is 49.7 Å². The van der Waals surface area contributed by atoms with Crippen LogP contribution in [0.1, 0.15) is 49.7 Å². The molecule has 5 heterocycles. The van der Waals surface area contributed by atoms with E-state index in [1.807, 2.05) is 16.1 Å². The second-order valence-electron chi connectivity index (χ2n) is 10.8. The smallest absolute Gasteiger partial charge is 0.379 e. The number of nitrogens with zero attached hydrogens (tertiary/aromatic N) is 6. The van der Waals surface area contributed by atoms with Crippen molar-refractivity contribution in [3.63, 3.8) is 0 Å². The summed E-state index contributed by atoms with van der Waals surface area (Å²) in [5.41, 5.74) is -2.05. The lowest BCUT2D eigenvalue weighted by molar-refractivity contribution is -0.138. The molecular weight excluding hydrogens is 527 g/mol. The number of rotatable bonds is 7. The van der Waals surface area contributed by atoms with Crippen LogP contribution >= 0.6 is 0 Å². The largest absolute Gasteiger partial charge is 0.423 e. The Kier molecular flexibility index (Phi) is 7.98. The molecular formula is C27H32F3N7O3. The maximum atomic E-state index is 13.5. The third-order valence-electron chi connectivity index (χ3n) is 8.39. The maximum absolute atomic E-state index is 13.5. The minimum atomic E-state index is -4.80. The summed E-state index contributed by atoms with van der Waals surface area (Å²) in [6.07, 6.45) is 2.21. The van der Waals surface area contributed by atoms with E-state index in [1.165, 1.54) is 4.90 Å². The normalized spacial score (nSPS) is 20.8. The Morgan fingerprint density at radius 2 is 1.95 bits per heavy atom. The Balaban J connectivity index is 1.07. The van der Waals surface area contributed by atoms with Crippen molar-refractivity contribution in [2.45, 2.75) is 50.7 Å². The molecule has 3 saturated heterocycles. The molecule has 0 saturated carbocycles. The van der Waals surface area contributed by atoms with Crippen LogP contribution < -0.4 is 15.4 Å². The van der Waals surface area contributed by atoms with Crippen LogP contribution in [0.25, 0.3) is 0 Å². The molecule has 5 rings (SSSR count). The summed E-state index contributed by atoms with van der Waals surface area (Å²) >= 11 is 0. The van der Waals surface area contributed by atoms with Gasteiger partial charge in [0.05, 0.1) is 43.1 Å². The van der Waals surface area contributed by atoms with Crippen LogP contribution in [0.5, 0.6) is 0 Å². The van der Waals surface area contributed by atoms with Crippen molar-refractivity contribution in [1.82, 2.24) is 20.1 Å². The van der Waals surface area contributed by atoms with E-state index in [1.54, 1.807) is 12.3 Å². The standard InChI is InChI=1S/C27H32F3N7O3/c28-27(29,30)24-21(16-33-34-25(24)39)37-9-1-2-20(37)17-40-13-5-23(38)35-10-6-26(7-11-35)8-12-36(18-26)22-4-3-19(14-31)15-32-22/h3-4,15-16,20H,1-2,5-13,17-18H2,(H,34,39)/t20-/m0/s1. The van der Waals surface area contributed by atoms with Crippen LogP contribution in [0.15, 0.2) is 29.3 Å². The molecule has 3 fully saturated rings. The number of carbonyl (C=O) groups is 1. The first-order valence-electron chi connectivity index (χ1n) is 13.6. The number of likely N-dealkylation sites (tertiary alicyclic amines) is 1. The Bertz CT molecular complexity index is 1300. The monoisotopic (exact) mass is 559 g/mol. The predicted molar refractivity (Wildman–Crippen MR) is 140 cm³/mol. The summed E-state index contributed by atoms with van der Waals surface area (Å²) in [6.45, 7) is 3.86. The number of aromatic amines is 1. The average Bonchev–Trinajstić information content (AvgIpc) is 3.58. The van der Waals surface area contributed by atoms with Gasteiger partial charge in [0, 0.05) is 38.9 Å². The van der Waals surface area contributed by atoms with E-state index in [-0.39, 0.29) is 42.7 Å². The van der Waals surface area contributed by atoms with Gasteiger partial charge in [0.25, 0.3) is 5.56 Å². The lowest BCUT2D eigenvalue weighted by Gasteiger charge is -2.39. The fraction of sp³-hybridized carbons (Fsp3) is 0.593. The molecule has 40 heavy (non-hydrogen) atoms. The quantitative estimate of drug-likeness (QED) is 0.515. The molecule has 0 unspecified atom stereocenters. The van der Waals surface area contributed by atoms with Gasteiger partial charge < -0.3 is 19.4 Å². The number of hydrogen-bond acceptors (Lipinski definition) is 8. The molecule has 0 radical (unpaired) electrons. The number of nitriles is 1. The van der Waals surface area contributed by atoms with Gasteiger partial charge in [-0.1, -0.05) is 0 Å². The fourth-order valence-electron chi connectivity index (χ4n) is 6.15. The highest BCUT2D eigenvalue weighted by atomic mass is 19.4. The molecule has 214 valence electrons. The Hall–Kier alpha value is -3.66. The third-order valence-corrected chi connectivity index (χ3v) is 8.39. The van der Waals surface area contributed by atoms with Crippen LogP contribution in [0.3, 0.4) is 0 Å². The van der Waals surface area contributed by atoms with Crippen LogP contribution in [0.2, 0.25) is 0 Å². The predicted octanol–water partition coefficient (Wildman–Crippen LogP) is 2.95. The summed E-state index contributed by atoms with van der Waals surface area (Å²) in [4.78, 5) is 34.8. The van der Waals surface area contributed by atoms with Gasteiger partial charge in [-0.2, -0.15) is 23.5 Å². The number of ether oxygens (including phenoxy) is 1. The maximum Gasteiger partial charge on any atom is 0.423 e. The first-order chi connectivity index (χ1) is 19.2. The van der Waals surface area contributed by atoms with Gasteiger partial charge in [0.15, 0.2) is 0 Å². The number of carbonyl (C=O) groups excluding carboxylic acids is 1. The molecule has 2 aromatic rings. The van der Waals surface area contributed by atoms with E-state index in [4.69, 9.17) is 10.00 Å². The Morgan fingerprint density at radius 1 is 1.18 bits per heavy atom. The number of hydrogen-bond donors (Lipinski definition) is 1. The van der Waals surface area contributed by atoms with E-state index < -0.39 is 17.3 Å². The summed E-state index contributed by atoms with van der Waals surface area (Å²) in [6, 6.07) is 5.42. The number of piperidine rings is 1. The first-order valence-corrected chi connectivity index (χ1v) is 13.6. The number of anilines is 2. The van der Waals surface area contributed by atoms with Crippen LogP contribution in [0, 0.1) is 16.7 Å². The van der Waals surface area contributed by atoms with Crippen molar-refractivity contribution in [2.24, 2.45) is 5.41 Å². The topological polar surface area (TPSA) is 118 Å². The number of halogens is 3. The number of nitrogens with one attached hydrogen (secondary N) is 1. The van der Waals surface area contributed by atoms with Gasteiger partial charge in [-0.15, -0.1) is 0 Å². The molecule has 3 aliphatic rings. The minimum absolute atomic E-state index is 0.0138. The van der Waals surface area contributed by atoms with Crippen molar-refractivity contribution in [1.29, 1.82) is 5.26 Å². The molecule has 1 amide bonds. The average molecular weight is 560 g/mol. The summed E-state index contributed by atoms with van der Waals surface area (Å²) in [7, 11) is 0. The molecule has 0 aliphatic carbocycles. The van der Waals surface area contributed by atoms with Crippen molar-refractivity contribution < 1.29 is 22.7 Å².